The Morgan fingerprint density at radius 3 is 2.63 bits per heavy atom. The minimum absolute atomic E-state index is 0.346. The van der Waals surface area contributed by atoms with Crippen LogP contribution in [-0.2, 0) is 24.4 Å². The van der Waals surface area contributed by atoms with Crippen molar-refractivity contribution in [2.45, 2.75) is 33.5 Å². The summed E-state index contributed by atoms with van der Waals surface area (Å²) in [5, 5.41) is 11.6. The molecule has 0 bridgehead atoms. The van der Waals surface area contributed by atoms with Crippen LogP contribution >= 0.6 is 0 Å². The number of rotatable bonds is 7. The third kappa shape index (κ3) is 3.83. The van der Waals surface area contributed by atoms with Gasteiger partial charge in [-0.05, 0) is 6.54 Å². The van der Waals surface area contributed by atoms with Crippen LogP contribution in [0.25, 0.3) is 0 Å². The van der Waals surface area contributed by atoms with Gasteiger partial charge in [-0.2, -0.15) is 4.98 Å². The molecule has 2 rings (SSSR count). The van der Waals surface area contributed by atoms with Crippen molar-refractivity contribution in [2.24, 2.45) is 0 Å². The van der Waals surface area contributed by atoms with Gasteiger partial charge in [0.2, 0.25) is 17.7 Å². The molecule has 8 heteroatoms. The summed E-state index contributed by atoms with van der Waals surface area (Å²) in [5.41, 5.74) is 0. The van der Waals surface area contributed by atoms with E-state index in [1.165, 1.54) is 0 Å². The van der Waals surface area contributed by atoms with Crippen LogP contribution in [0.5, 0.6) is 0 Å². The fourth-order valence-corrected chi connectivity index (χ4v) is 1.61. The number of aromatic nitrogens is 4. The summed E-state index contributed by atoms with van der Waals surface area (Å²) in [4.78, 5) is 6.29. The van der Waals surface area contributed by atoms with E-state index in [2.05, 4.69) is 25.2 Å². The van der Waals surface area contributed by atoms with E-state index >= 15 is 0 Å². The molecule has 0 N–H and O–H groups in total. The standard InChI is InChI=1S/C11H17N5O3/c1-4-16(6-11-14-13-8(2)18-11)5-10-12-9(7-17-3)15-19-10/h4-7H2,1-3H3. The Hall–Kier alpha value is -1.80. The van der Waals surface area contributed by atoms with Crippen LogP contribution in [0.15, 0.2) is 8.94 Å². The molecular weight excluding hydrogens is 250 g/mol. The highest BCUT2D eigenvalue weighted by Crippen LogP contribution is 2.08. The number of hydrogen-bond donors (Lipinski definition) is 0. The largest absolute Gasteiger partial charge is 0.424 e. The van der Waals surface area contributed by atoms with Crippen molar-refractivity contribution in [2.75, 3.05) is 13.7 Å². The van der Waals surface area contributed by atoms with Crippen LogP contribution in [0, 0.1) is 6.92 Å². The lowest BCUT2D eigenvalue weighted by Crippen LogP contribution is -2.22. The molecule has 2 aromatic rings. The summed E-state index contributed by atoms with van der Waals surface area (Å²) in [7, 11) is 1.59. The summed E-state index contributed by atoms with van der Waals surface area (Å²) in [6.07, 6.45) is 0. The van der Waals surface area contributed by atoms with Crippen LogP contribution in [0.3, 0.4) is 0 Å². The highest BCUT2D eigenvalue weighted by Gasteiger charge is 2.13. The summed E-state index contributed by atoms with van der Waals surface area (Å²) in [6, 6.07) is 0. The van der Waals surface area contributed by atoms with Gasteiger partial charge in [0.15, 0.2) is 5.82 Å². The second-order valence-electron chi connectivity index (χ2n) is 4.06. The monoisotopic (exact) mass is 267 g/mol. The van der Waals surface area contributed by atoms with Gasteiger partial charge in [0.25, 0.3) is 0 Å². The molecule has 0 spiro atoms. The fourth-order valence-electron chi connectivity index (χ4n) is 1.61. The van der Waals surface area contributed by atoms with E-state index in [1.807, 2.05) is 6.92 Å². The Kier molecular flexibility index (Phi) is 4.58. The molecule has 0 aliphatic heterocycles. The molecule has 2 aromatic heterocycles. The van der Waals surface area contributed by atoms with Gasteiger partial charge >= 0.3 is 0 Å². The van der Waals surface area contributed by atoms with Gasteiger partial charge in [0.1, 0.15) is 6.61 Å². The van der Waals surface area contributed by atoms with Crippen LogP contribution in [0.2, 0.25) is 0 Å². The van der Waals surface area contributed by atoms with Crippen molar-refractivity contribution >= 4 is 0 Å². The number of hydrogen-bond acceptors (Lipinski definition) is 8. The third-order valence-corrected chi connectivity index (χ3v) is 2.52. The molecule has 0 amide bonds. The first-order valence-corrected chi connectivity index (χ1v) is 6.03. The third-order valence-electron chi connectivity index (χ3n) is 2.52. The summed E-state index contributed by atoms with van der Waals surface area (Å²) in [5.74, 6) is 2.23. The predicted molar refractivity (Wildman–Crippen MR) is 63.8 cm³/mol. The van der Waals surface area contributed by atoms with Crippen LogP contribution in [0.1, 0.15) is 30.4 Å². The number of nitrogens with zero attached hydrogens (tertiary/aromatic N) is 5. The van der Waals surface area contributed by atoms with Crippen molar-refractivity contribution in [1.29, 1.82) is 0 Å². The van der Waals surface area contributed by atoms with Crippen LogP contribution in [-0.4, -0.2) is 38.9 Å². The maximum absolute atomic E-state index is 5.35. The average molecular weight is 267 g/mol. The minimum atomic E-state index is 0.346. The van der Waals surface area contributed by atoms with Crippen molar-refractivity contribution in [3.8, 4) is 0 Å². The van der Waals surface area contributed by atoms with Crippen molar-refractivity contribution in [3.05, 3.63) is 23.5 Å². The molecule has 0 radical (unpaired) electrons. The quantitative estimate of drug-likeness (QED) is 0.731. The SMILES string of the molecule is CCN(Cc1nc(COC)no1)Cc1nnc(C)o1. The minimum Gasteiger partial charge on any atom is -0.424 e. The first kappa shape index (κ1) is 13.6. The maximum atomic E-state index is 5.35. The van der Waals surface area contributed by atoms with Crippen molar-refractivity contribution in [1.82, 2.24) is 25.2 Å². The molecule has 0 aliphatic carbocycles. The summed E-state index contributed by atoms with van der Waals surface area (Å²) < 4.78 is 15.4. The van der Waals surface area contributed by atoms with Gasteiger partial charge in [-0.25, -0.2) is 0 Å². The molecule has 8 nitrogen and oxygen atoms in total. The summed E-state index contributed by atoms with van der Waals surface area (Å²) >= 11 is 0. The zero-order valence-electron chi connectivity index (χ0n) is 11.3. The zero-order valence-corrected chi connectivity index (χ0v) is 11.3. The van der Waals surface area contributed by atoms with E-state index in [0.29, 0.717) is 43.2 Å². The molecule has 0 aliphatic rings. The van der Waals surface area contributed by atoms with Gasteiger partial charge in [-0.3, -0.25) is 4.90 Å². The first-order valence-electron chi connectivity index (χ1n) is 6.03. The molecule has 0 fully saturated rings. The van der Waals surface area contributed by atoms with E-state index in [-0.39, 0.29) is 0 Å². The Balaban J connectivity index is 1.94. The van der Waals surface area contributed by atoms with E-state index in [1.54, 1.807) is 14.0 Å². The molecular formula is C11H17N5O3. The average Bonchev–Trinajstić information content (AvgIpc) is 2.99. The van der Waals surface area contributed by atoms with Crippen molar-refractivity contribution in [3.63, 3.8) is 0 Å². The first-order chi connectivity index (χ1) is 9.21. The molecule has 19 heavy (non-hydrogen) atoms. The number of aryl methyl sites for hydroxylation is 1. The highest BCUT2D eigenvalue weighted by molar-refractivity contribution is 4.86. The van der Waals surface area contributed by atoms with Gasteiger partial charge in [0, 0.05) is 14.0 Å². The van der Waals surface area contributed by atoms with Crippen molar-refractivity contribution < 1.29 is 13.7 Å². The Bertz CT molecular complexity index is 510. The lowest BCUT2D eigenvalue weighted by atomic mass is 10.4. The predicted octanol–water partition coefficient (Wildman–Crippen LogP) is 0.930. The van der Waals surface area contributed by atoms with Gasteiger partial charge < -0.3 is 13.7 Å². The summed E-state index contributed by atoms with van der Waals surface area (Å²) in [6.45, 7) is 6.05. The molecule has 0 saturated heterocycles. The lowest BCUT2D eigenvalue weighted by Gasteiger charge is -2.15. The van der Waals surface area contributed by atoms with Crippen LogP contribution < -0.4 is 0 Å². The highest BCUT2D eigenvalue weighted by atomic mass is 16.5. The molecule has 0 aromatic carbocycles. The lowest BCUT2D eigenvalue weighted by molar-refractivity contribution is 0.174. The number of ether oxygens (including phenoxy) is 1. The second kappa shape index (κ2) is 6.39. The van der Waals surface area contributed by atoms with E-state index in [9.17, 15) is 0 Å². The van der Waals surface area contributed by atoms with E-state index in [0.717, 1.165) is 6.54 Å². The van der Waals surface area contributed by atoms with E-state index < -0.39 is 0 Å². The molecule has 0 atom stereocenters. The van der Waals surface area contributed by atoms with Crippen LogP contribution in [0.4, 0.5) is 0 Å². The van der Waals surface area contributed by atoms with Gasteiger partial charge in [0.05, 0.1) is 13.1 Å². The normalized spacial score (nSPS) is 11.4. The van der Waals surface area contributed by atoms with E-state index in [4.69, 9.17) is 13.7 Å². The number of methoxy groups -OCH3 is 1. The fraction of sp³-hybridized carbons (Fsp3) is 0.636. The second-order valence-corrected chi connectivity index (χ2v) is 4.06. The zero-order chi connectivity index (χ0) is 13.7. The Labute approximate surface area is 110 Å². The molecule has 104 valence electrons. The van der Waals surface area contributed by atoms with Gasteiger partial charge in [-0.15, -0.1) is 10.2 Å². The maximum Gasteiger partial charge on any atom is 0.240 e. The Morgan fingerprint density at radius 2 is 2.00 bits per heavy atom. The molecule has 2 heterocycles. The topological polar surface area (TPSA) is 90.3 Å². The van der Waals surface area contributed by atoms with Gasteiger partial charge in [-0.1, -0.05) is 12.1 Å². The smallest absolute Gasteiger partial charge is 0.240 e. The molecule has 0 saturated carbocycles. The Morgan fingerprint density at radius 1 is 1.21 bits per heavy atom. The molecule has 0 unspecified atom stereocenters.